The third-order valence-corrected chi connectivity index (χ3v) is 6.80. The molecule has 0 bridgehead atoms. The fourth-order valence-corrected chi connectivity index (χ4v) is 5.08. The van der Waals surface area contributed by atoms with E-state index in [2.05, 4.69) is 10.1 Å². The molecule has 0 spiro atoms. The maximum Gasteiger partial charge on any atom is 0.387 e. The average molecular weight is 508 g/mol. The highest BCUT2D eigenvalue weighted by Crippen LogP contribution is 2.46. The van der Waals surface area contributed by atoms with Gasteiger partial charge in [-0.25, -0.2) is 8.78 Å². The Balaban J connectivity index is 1.59. The number of anilines is 2. The number of hydrogen-bond donors (Lipinski definition) is 1. The van der Waals surface area contributed by atoms with Gasteiger partial charge >= 0.3 is 6.61 Å². The van der Waals surface area contributed by atoms with Gasteiger partial charge < -0.3 is 10.1 Å². The largest absolute Gasteiger partial charge is 0.435 e. The van der Waals surface area contributed by atoms with Crippen molar-refractivity contribution < 1.29 is 31.9 Å². The zero-order valence-electron chi connectivity index (χ0n) is 20.4. The van der Waals surface area contributed by atoms with Crippen LogP contribution in [0, 0.1) is 0 Å². The molecule has 0 unspecified atom stereocenters. The van der Waals surface area contributed by atoms with Crippen LogP contribution in [0.1, 0.15) is 49.5 Å². The number of amides is 2. The molecule has 0 radical (unpaired) electrons. The Labute approximate surface area is 207 Å². The molecule has 194 valence electrons. The molecule has 4 rings (SSSR count). The standard InChI is InChI=1S/C26H29F4N3O3/c1-25(2)19-12-16(22(34)31-26(3)10-5-11-32(15-26)14-21(27)28)8-9-20(19)33(23(25)35)17-6-4-7-18(13-17)36-24(29)30/h4,6-9,12-13,21,24H,5,10-11,14-15H2,1-3H3,(H,31,34)/t26-/m1/s1. The Bertz CT molecular complexity index is 1160. The fraction of sp³-hybridized carbons (Fsp3) is 0.462. The van der Waals surface area contributed by atoms with Gasteiger partial charge in [0.15, 0.2) is 0 Å². The molecule has 2 aliphatic heterocycles. The molecule has 0 saturated carbocycles. The van der Waals surface area contributed by atoms with Crippen molar-refractivity contribution in [1.29, 1.82) is 0 Å². The molecule has 1 fully saturated rings. The predicted molar refractivity (Wildman–Crippen MR) is 127 cm³/mol. The summed E-state index contributed by atoms with van der Waals surface area (Å²) in [5.74, 6) is -0.696. The van der Waals surface area contributed by atoms with Crippen molar-refractivity contribution in [3.05, 3.63) is 53.6 Å². The first-order chi connectivity index (χ1) is 16.9. The number of alkyl halides is 4. The van der Waals surface area contributed by atoms with Crippen LogP contribution in [0.25, 0.3) is 0 Å². The summed E-state index contributed by atoms with van der Waals surface area (Å²) >= 11 is 0. The molecule has 36 heavy (non-hydrogen) atoms. The Morgan fingerprint density at radius 2 is 1.86 bits per heavy atom. The summed E-state index contributed by atoms with van der Waals surface area (Å²) in [6.07, 6.45) is -1.08. The summed E-state index contributed by atoms with van der Waals surface area (Å²) < 4.78 is 55.6. The second kappa shape index (κ2) is 9.72. The van der Waals surface area contributed by atoms with E-state index in [1.54, 1.807) is 43.0 Å². The van der Waals surface area contributed by atoms with Crippen molar-refractivity contribution in [2.45, 2.75) is 57.6 Å². The molecule has 1 N–H and O–H groups in total. The summed E-state index contributed by atoms with van der Waals surface area (Å²) in [4.78, 5) is 29.6. The van der Waals surface area contributed by atoms with Gasteiger partial charge in [0.25, 0.3) is 12.3 Å². The fourth-order valence-electron chi connectivity index (χ4n) is 5.08. The second-order valence-electron chi connectivity index (χ2n) is 10.1. The van der Waals surface area contributed by atoms with E-state index in [4.69, 9.17) is 0 Å². The monoisotopic (exact) mass is 507 g/mol. The van der Waals surface area contributed by atoms with Gasteiger partial charge in [-0.05, 0) is 76.1 Å². The second-order valence-corrected chi connectivity index (χ2v) is 10.1. The third kappa shape index (κ3) is 5.18. The van der Waals surface area contributed by atoms with Gasteiger partial charge in [-0.15, -0.1) is 0 Å². The van der Waals surface area contributed by atoms with E-state index >= 15 is 0 Å². The van der Waals surface area contributed by atoms with Crippen molar-refractivity contribution in [3.8, 4) is 5.75 Å². The van der Waals surface area contributed by atoms with Crippen molar-refractivity contribution in [1.82, 2.24) is 10.2 Å². The lowest BCUT2D eigenvalue weighted by molar-refractivity contribution is -0.121. The average Bonchev–Trinajstić information content (AvgIpc) is 2.98. The number of benzene rings is 2. The van der Waals surface area contributed by atoms with Crippen molar-refractivity contribution >= 4 is 23.2 Å². The van der Waals surface area contributed by atoms with Crippen LogP contribution >= 0.6 is 0 Å². The van der Waals surface area contributed by atoms with Gasteiger partial charge in [0.2, 0.25) is 5.91 Å². The molecule has 2 aliphatic rings. The molecule has 0 aromatic heterocycles. The minimum atomic E-state index is -2.99. The molecule has 1 atom stereocenters. The van der Waals surface area contributed by atoms with E-state index in [1.807, 2.05) is 6.92 Å². The number of halogens is 4. The predicted octanol–water partition coefficient (Wildman–Crippen LogP) is 5.09. The topological polar surface area (TPSA) is 61.9 Å². The minimum absolute atomic E-state index is 0.0702. The first-order valence-corrected chi connectivity index (χ1v) is 11.8. The van der Waals surface area contributed by atoms with Gasteiger partial charge in [-0.3, -0.25) is 19.4 Å². The lowest BCUT2D eigenvalue weighted by atomic mass is 9.85. The zero-order valence-corrected chi connectivity index (χ0v) is 20.4. The van der Waals surface area contributed by atoms with E-state index < -0.39 is 24.0 Å². The van der Waals surface area contributed by atoms with Crippen LogP contribution in [0.15, 0.2) is 42.5 Å². The quantitative estimate of drug-likeness (QED) is 0.531. The molecule has 2 aromatic rings. The summed E-state index contributed by atoms with van der Waals surface area (Å²) in [6.45, 7) is 2.88. The highest BCUT2D eigenvalue weighted by molar-refractivity contribution is 6.13. The molecular weight excluding hydrogens is 478 g/mol. The Morgan fingerprint density at radius 3 is 2.56 bits per heavy atom. The summed E-state index contributed by atoms with van der Waals surface area (Å²) in [6, 6.07) is 10.8. The normalized spacial score (nSPS) is 21.7. The number of carbonyl (C=O) groups excluding carboxylic acids is 2. The van der Waals surface area contributed by atoms with E-state index in [0.717, 1.165) is 0 Å². The molecule has 2 amide bonds. The van der Waals surface area contributed by atoms with Crippen LogP contribution in [0.4, 0.5) is 28.9 Å². The van der Waals surface area contributed by atoms with Crippen molar-refractivity contribution in [2.75, 3.05) is 24.5 Å². The molecule has 6 nitrogen and oxygen atoms in total. The van der Waals surface area contributed by atoms with Gasteiger partial charge in [0.05, 0.1) is 28.9 Å². The van der Waals surface area contributed by atoms with Gasteiger partial charge in [-0.2, -0.15) is 8.78 Å². The molecule has 10 heteroatoms. The summed E-state index contributed by atoms with van der Waals surface area (Å²) in [5, 5.41) is 3.00. The molecule has 0 aliphatic carbocycles. The number of ether oxygens (including phenoxy) is 1. The van der Waals surface area contributed by atoms with E-state index in [1.165, 1.54) is 23.1 Å². The van der Waals surface area contributed by atoms with E-state index in [0.29, 0.717) is 48.4 Å². The van der Waals surface area contributed by atoms with Crippen molar-refractivity contribution in [2.24, 2.45) is 0 Å². The molecule has 2 aromatic carbocycles. The molecule has 2 heterocycles. The van der Waals surface area contributed by atoms with Crippen LogP contribution in [0.3, 0.4) is 0 Å². The number of rotatable bonds is 7. The van der Waals surface area contributed by atoms with Crippen LogP contribution in [-0.4, -0.2) is 54.9 Å². The molecular formula is C26H29F4N3O3. The van der Waals surface area contributed by atoms with Crippen LogP contribution in [0.2, 0.25) is 0 Å². The number of nitrogens with one attached hydrogen (secondary N) is 1. The number of nitrogens with zero attached hydrogens (tertiary/aromatic N) is 2. The van der Waals surface area contributed by atoms with E-state index in [-0.39, 0.29) is 24.1 Å². The maximum absolute atomic E-state index is 13.4. The van der Waals surface area contributed by atoms with Crippen LogP contribution in [-0.2, 0) is 10.2 Å². The first-order valence-electron chi connectivity index (χ1n) is 11.8. The Morgan fingerprint density at radius 1 is 1.11 bits per heavy atom. The van der Waals surface area contributed by atoms with Gasteiger partial charge in [0, 0.05) is 18.2 Å². The lowest BCUT2D eigenvalue weighted by Gasteiger charge is -2.41. The van der Waals surface area contributed by atoms with Crippen LogP contribution in [0.5, 0.6) is 5.75 Å². The van der Waals surface area contributed by atoms with Crippen LogP contribution < -0.4 is 15.0 Å². The number of carbonyl (C=O) groups is 2. The minimum Gasteiger partial charge on any atom is -0.435 e. The number of hydrogen-bond acceptors (Lipinski definition) is 4. The number of fused-ring (bicyclic) bond motifs is 1. The van der Waals surface area contributed by atoms with E-state index in [9.17, 15) is 27.2 Å². The highest BCUT2D eigenvalue weighted by atomic mass is 19.3. The zero-order chi connectivity index (χ0) is 26.3. The number of piperidine rings is 1. The summed E-state index contributed by atoms with van der Waals surface area (Å²) in [5.41, 5.74) is 0.241. The van der Waals surface area contributed by atoms with Gasteiger partial charge in [0.1, 0.15) is 5.75 Å². The number of likely N-dealkylation sites (tertiary alicyclic amines) is 1. The van der Waals surface area contributed by atoms with Gasteiger partial charge in [-0.1, -0.05) is 6.07 Å². The summed E-state index contributed by atoms with van der Waals surface area (Å²) in [7, 11) is 0. The lowest BCUT2D eigenvalue weighted by Crippen LogP contribution is -2.57. The first kappa shape index (κ1) is 25.9. The SMILES string of the molecule is CC1(C)C(=O)N(c2cccc(OC(F)F)c2)c2ccc(C(=O)N[C@]3(C)CCCN(CC(F)F)C3)cc21. The third-order valence-electron chi connectivity index (χ3n) is 6.80. The Hall–Kier alpha value is -3.14. The highest BCUT2D eigenvalue weighted by Gasteiger charge is 2.45. The van der Waals surface area contributed by atoms with Crippen molar-refractivity contribution in [3.63, 3.8) is 0 Å². The smallest absolute Gasteiger partial charge is 0.387 e. The molecule has 1 saturated heterocycles. The Kier molecular flexibility index (Phi) is 7.01. The maximum atomic E-state index is 13.4.